The Bertz CT molecular complexity index is 333. The van der Waals surface area contributed by atoms with Crippen molar-refractivity contribution in [3.63, 3.8) is 0 Å². The molecule has 2 amide bonds. The van der Waals surface area contributed by atoms with E-state index in [1.54, 1.807) is 0 Å². The van der Waals surface area contributed by atoms with Crippen LogP contribution in [0.5, 0.6) is 0 Å². The van der Waals surface area contributed by atoms with E-state index in [-0.39, 0.29) is 26.1 Å². The number of carboxylic acids is 1. The Morgan fingerprint density at radius 1 is 1.41 bits per heavy atom. The van der Waals surface area contributed by atoms with E-state index in [0.29, 0.717) is 0 Å². The Morgan fingerprint density at radius 2 is 2.06 bits per heavy atom. The van der Waals surface area contributed by atoms with Crippen LogP contribution in [-0.2, 0) is 14.4 Å². The molecular formula is C9H15N3O5. The number of likely N-dealkylation sites (tertiary alicyclic amines) is 1. The number of nitrogens with zero attached hydrogens (tertiary/aromatic N) is 1. The van der Waals surface area contributed by atoms with Gasteiger partial charge in [-0.15, -0.1) is 0 Å². The van der Waals surface area contributed by atoms with Crippen LogP contribution in [0.4, 0.5) is 0 Å². The number of hydrogen-bond donors (Lipinski definition) is 4. The molecule has 0 spiro atoms. The zero-order valence-electron chi connectivity index (χ0n) is 9.13. The number of carboxylic acid groups (broad SMARTS) is 1. The van der Waals surface area contributed by atoms with Crippen LogP contribution >= 0.6 is 0 Å². The topological polar surface area (TPSA) is 133 Å². The SMILES string of the molecule is NCC(=O)NCC(=O)N1C[C@H](O)C[C@H]1C(=O)O. The molecule has 0 aliphatic carbocycles. The second-order valence-electron chi connectivity index (χ2n) is 3.77. The second-order valence-corrected chi connectivity index (χ2v) is 3.77. The highest BCUT2D eigenvalue weighted by molar-refractivity contribution is 5.88. The predicted molar refractivity (Wildman–Crippen MR) is 55.8 cm³/mol. The molecule has 1 aliphatic heterocycles. The van der Waals surface area contributed by atoms with Gasteiger partial charge in [0.05, 0.1) is 19.2 Å². The molecule has 0 bridgehead atoms. The third kappa shape index (κ3) is 3.40. The maximum absolute atomic E-state index is 11.6. The number of carbonyl (C=O) groups is 3. The van der Waals surface area contributed by atoms with Crippen molar-refractivity contribution in [2.45, 2.75) is 18.6 Å². The van der Waals surface area contributed by atoms with Crippen LogP contribution in [0.2, 0.25) is 0 Å². The summed E-state index contributed by atoms with van der Waals surface area (Å²) in [6, 6.07) is -1.03. The molecule has 2 atom stereocenters. The Labute approximate surface area is 97.4 Å². The van der Waals surface area contributed by atoms with E-state index in [9.17, 15) is 19.5 Å². The first-order valence-corrected chi connectivity index (χ1v) is 5.12. The number of aliphatic hydroxyl groups excluding tert-OH is 1. The van der Waals surface area contributed by atoms with Crippen LogP contribution in [0.25, 0.3) is 0 Å². The van der Waals surface area contributed by atoms with Gasteiger partial charge in [-0.1, -0.05) is 0 Å². The van der Waals surface area contributed by atoms with Gasteiger partial charge >= 0.3 is 5.97 Å². The van der Waals surface area contributed by atoms with Crippen molar-refractivity contribution in [2.75, 3.05) is 19.6 Å². The van der Waals surface area contributed by atoms with E-state index in [4.69, 9.17) is 10.8 Å². The van der Waals surface area contributed by atoms with Crippen LogP contribution in [0.3, 0.4) is 0 Å². The van der Waals surface area contributed by atoms with Gasteiger partial charge in [0.2, 0.25) is 11.8 Å². The second kappa shape index (κ2) is 5.60. The Balaban J connectivity index is 2.55. The molecule has 1 aliphatic rings. The molecule has 1 rings (SSSR count). The summed E-state index contributed by atoms with van der Waals surface area (Å²) in [7, 11) is 0. The average molecular weight is 245 g/mol. The molecule has 0 aromatic heterocycles. The number of nitrogens with two attached hydrogens (primary N) is 1. The number of rotatable bonds is 4. The van der Waals surface area contributed by atoms with Gasteiger partial charge in [0.1, 0.15) is 6.04 Å². The van der Waals surface area contributed by atoms with Gasteiger partial charge in [0.15, 0.2) is 0 Å². The Morgan fingerprint density at radius 3 is 2.59 bits per heavy atom. The normalized spacial score (nSPS) is 23.5. The van der Waals surface area contributed by atoms with Crippen molar-refractivity contribution in [2.24, 2.45) is 5.73 Å². The van der Waals surface area contributed by atoms with Crippen molar-refractivity contribution in [3.05, 3.63) is 0 Å². The lowest BCUT2D eigenvalue weighted by atomic mass is 10.2. The van der Waals surface area contributed by atoms with Gasteiger partial charge in [-0.3, -0.25) is 9.59 Å². The molecular weight excluding hydrogens is 230 g/mol. The fourth-order valence-corrected chi connectivity index (χ4v) is 1.67. The van der Waals surface area contributed by atoms with Crippen LogP contribution in [0, 0.1) is 0 Å². The van der Waals surface area contributed by atoms with Crippen molar-refractivity contribution in [3.8, 4) is 0 Å². The number of β-amino-alcohol motifs (C(OH)–C–C–N with tert-alkyl or cyclic N) is 1. The van der Waals surface area contributed by atoms with Gasteiger partial charge in [0, 0.05) is 13.0 Å². The summed E-state index contributed by atoms with van der Waals surface area (Å²) in [6.07, 6.45) is -0.836. The molecule has 0 radical (unpaired) electrons. The molecule has 0 aromatic carbocycles. The number of carbonyl (C=O) groups excluding carboxylic acids is 2. The van der Waals surface area contributed by atoms with Gasteiger partial charge < -0.3 is 26.2 Å². The molecule has 1 saturated heterocycles. The number of aliphatic carboxylic acids is 1. The molecule has 8 nitrogen and oxygen atoms in total. The van der Waals surface area contributed by atoms with Crippen LogP contribution in [-0.4, -0.2) is 64.7 Å². The number of nitrogens with one attached hydrogen (secondary N) is 1. The van der Waals surface area contributed by atoms with E-state index in [2.05, 4.69) is 5.32 Å². The Kier molecular flexibility index (Phi) is 4.41. The van der Waals surface area contributed by atoms with Crippen molar-refractivity contribution in [1.29, 1.82) is 0 Å². The summed E-state index contributed by atoms with van der Waals surface area (Å²) in [6.45, 7) is -0.584. The molecule has 0 saturated carbocycles. The Hall–Kier alpha value is -1.67. The average Bonchev–Trinajstić information content (AvgIpc) is 2.67. The molecule has 0 unspecified atom stereocenters. The molecule has 5 N–H and O–H groups in total. The fourth-order valence-electron chi connectivity index (χ4n) is 1.67. The largest absolute Gasteiger partial charge is 0.480 e. The van der Waals surface area contributed by atoms with E-state index in [1.807, 2.05) is 0 Å². The number of aliphatic hydroxyl groups is 1. The minimum Gasteiger partial charge on any atom is -0.480 e. The van der Waals surface area contributed by atoms with Gasteiger partial charge in [-0.25, -0.2) is 4.79 Å². The monoisotopic (exact) mass is 245 g/mol. The van der Waals surface area contributed by atoms with Crippen molar-refractivity contribution >= 4 is 17.8 Å². The van der Waals surface area contributed by atoms with Gasteiger partial charge in [-0.05, 0) is 0 Å². The summed E-state index contributed by atoms with van der Waals surface area (Å²) in [5.74, 6) is -2.21. The minimum atomic E-state index is -1.17. The first-order valence-electron chi connectivity index (χ1n) is 5.12. The van der Waals surface area contributed by atoms with Crippen LogP contribution < -0.4 is 11.1 Å². The first kappa shape index (κ1) is 13.4. The summed E-state index contributed by atoms with van der Waals surface area (Å²) >= 11 is 0. The van der Waals surface area contributed by atoms with E-state index in [0.717, 1.165) is 4.90 Å². The summed E-state index contributed by atoms with van der Waals surface area (Å²) in [5, 5.41) is 20.4. The smallest absolute Gasteiger partial charge is 0.326 e. The number of amides is 2. The molecule has 96 valence electrons. The highest BCUT2D eigenvalue weighted by Gasteiger charge is 2.38. The van der Waals surface area contributed by atoms with Crippen molar-refractivity contribution in [1.82, 2.24) is 10.2 Å². The summed E-state index contributed by atoms with van der Waals surface area (Å²) < 4.78 is 0. The maximum Gasteiger partial charge on any atom is 0.326 e. The lowest BCUT2D eigenvalue weighted by Gasteiger charge is -2.21. The van der Waals surface area contributed by atoms with Crippen molar-refractivity contribution < 1.29 is 24.6 Å². The lowest BCUT2D eigenvalue weighted by molar-refractivity contribution is -0.148. The fraction of sp³-hybridized carbons (Fsp3) is 0.667. The first-order chi connectivity index (χ1) is 7.95. The molecule has 1 heterocycles. The number of hydrogen-bond acceptors (Lipinski definition) is 5. The molecule has 17 heavy (non-hydrogen) atoms. The van der Waals surface area contributed by atoms with E-state index < -0.39 is 29.9 Å². The maximum atomic E-state index is 11.6. The zero-order valence-corrected chi connectivity index (χ0v) is 9.13. The zero-order chi connectivity index (χ0) is 13.0. The van der Waals surface area contributed by atoms with E-state index in [1.165, 1.54) is 0 Å². The van der Waals surface area contributed by atoms with Crippen LogP contribution in [0.15, 0.2) is 0 Å². The lowest BCUT2D eigenvalue weighted by Crippen LogP contribution is -2.46. The summed E-state index contributed by atoms with van der Waals surface area (Å²) in [5.41, 5.74) is 5.04. The third-order valence-electron chi connectivity index (χ3n) is 2.51. The molecule has 8 heteroatoms. The third-order valence-corrected chi connectivity index (χ3v) is 2.51. The van der Waals surface area contributed by atoms with Crippen LogP contribution in [0.1, 0.15) is 6.42 Å². The standard InChI is InChI=1S/C9H15N3O5/c10-2-7(14)11-3-8(15)12-4-5(13)1-6(12)9(16)17/h5-6,13H,1-4,10H2,(H,11,14)(H,16,17)/t5-,6+/m1/s1. The quantitative estimate of drug-likeness (QED) is 0.420. The molecule has 1 fully saturated rings. The summed E-state index contributed by atoms with van der Waals surface area (Å²) in [4.78, 5) is 34.3. The van der Waals surface area contributed by atoms with Gasteiger partial charge in [-0.2, -0.15) is 0 Å². The molecule has 0 aromatic rings. The highest BCUT2D eigenvalue weighted by Crippen LogP contribution is 2.17. The van der Waals surface area contributed by atoms with Gasteiger partial charge in [0.25, 0.3) is 0 Å². The predicted octanol–water partition coefficient (Wildman–Crippen LogP) is -2.89. The minimum absolute atomic E-state index is 0.00586. The van der Waals surface area contributed by atoms with E-state index >= 15 is 0 Å². The highest BCUT2D eigenvalue weighted by atomic mass is 16.4.